The van der Waals surface area contributed by atoms with Gasteiger partial charge in [0.1, 0.15) is 6.61 Å². The van der Waals surface area contributed by atoms with Gasteiger partial charge in [-0.25, -0.2) is 0 Å². The fourth-order valence-electron chi connectivity index (χ4n) is 3.11. The number of benzene rings is 2. The zero-order chi connectivity index (χ0) is 19.9. The molecule has 3 aromatic rings. The minimum Gasteiger partial charge on any atom is -0.493 e. The Labute approximate surface area is 170 Å². The zero-order valence-electron chi connectivity index (χ0n) is 16.2. The first-order valence-corrected chi connectivity index (χ1v) is 9.79. The maximum Gasteiger partial charge on any atom is 0.171 e. The average molecular weight is 400 g/mol. The number of hydrogen-bond donors (Lipinski definition) is 2. The van der Waals surface area contributed by atoms with Crippen molar-refractivity contribution in [1.29, 1.82) is 0 Å². The van der Waals surface area contributed by atoms with E-state index in [4.69, 9.17) is 26.8 Å². The molecule has 0 aliphatic rings. The molecule has 0 aliphatic heterocycles. The van der Waals surface area contributed by atoms with Crippen molar-refractivity contribution in [1.82, 2.24) is 4.98 Å². The highest BCUT2D eigenvalue weighted by Crippen LogP contribution is 2.40. The van der Waals surface area contributed by atoms with Crippen LogP contribution in [-0.2, 0) is 6.61 Å². The fourth-order valence-corrected chi connectivity index (χ4v) is 3.24. The number of rotatable bonds is 9. The van der Waals surface area contributed by atoms with E-state index in [-0.39, 0.29) is 6.04 Å². The van der Waals surface area contributed by atoms with Gasteiger partial charge in [0.15, 0.2) is 11.5 Å². The molecule has 0 saturated carbocycles. The van der Waals surface area contributed by atoms with Crippen LogP contribution in [0.15, 0.2) is 48.7 Å². The molecule has 0 spiro atoms. The van der Waals surface area contributed by atoms with Crippen LogP contribution in [0, 0.1) is 0 Å². The first kappa shape index (κ1) is 20.2. The summed E-state index contributed by atoms with van der Waals surface area (Å²) in [6.07, 6.45) is 3.74. The van der Waals surface area contributed by atoms with E-state index in [9.17, 15) is 0 Å². The van der Waals surface area contributed by atoms with Gasteiger partial charge in [0.2, 0.25) is 0 Å². The van der Waals surface area contributed by atoms with Crippen molar-refractivity contribution in [3.63, 3.8) is 0 Å². The monoisotopic (exact) mass is 399 g/mol. The molecule has 3 N–H and O–H groups in total. The van der Waals surface area contributed by atoms with Crippen LogP contribution in [0.4, 0.5) is 5.69 Å². The molecule has 0 amide bonds. The molecule has 148 valence electrons. The quantitative estimate of drug-likeness (QED) is 0.529. The molecular formula is C22H26ClN3O2. The Morgan fingerprint density at radius 3 is 2.71 bits per heavy atom. The predicted molar refractivity (Wildman–Crippen MR) is 115 cm³/mol. The van der Waals surface area contributed by atoms with Crippen molar-refractivity contribution < 1.29 is 9.47 Å². The number of fused-ring (bicyclic) bond motifs is 1. The Kier molecular flexibility index (Phi) is 6.95. The lowest BCUT2D eigenvalue weighted by molar-refractivity contribution is 0.288. The molecule has 1 atom stereocenters. The van der Waals surface area contributed by atoms with Crippen LogP contribution in [0.2, 0.25) is 5.02 Å². The third kappa shape index (κ3) is 4.86. The molecule has 0 fully saturated rings. The third-order valence-electron chi connectivity index (χ3n) is 4.57. The van der Waals surface area contributed by atoms with Gasteiger partial charge >= 0.3 is 0 Å². The number of nitrogens with two attached hydrogens (primary N) is 1. The van der Waals surface area contributed by atoms with Gasteiger partial charge in [-0.15, -0.1) is 0 Å². The Hall–Kier alpha value is -2.50. The van der Waals surface area contributed by atoms with E-state index in [0.717, 1.165) is 35.0 Å². The predicted octanol–water partition coefficient (Wildman–Crippen LogP) is 5.02. The van der Waals surface area contributed by atoms with Crippen molar-refractivity contribution in [2.24, 2.45) is 5.73 Å². The largest absolute Gasteiger partial charge is 0.493 e. The molecule has 5 nitrogen and oxygen atoms in total. The van der Waals surface area contributed by atoms with Gasteiger partial charge in [-0.2, -0.15) is 0 Å². The van der Waals surface area contributed by atoms with Gasteiger partial charge in [0.25, 0.3) is 0 Å². The van der Waals surface area contributed by atoms with E-state index >= 15 is 0 Å². The van der Waals surface area contributed by atoms with Gasteiger partial charge in [-0.3, -0.25) is 4.98 Å². The normalized spacial score (nSPS) is 12.0. The van der Waals surface area contributed by atoms with Crippen molar-refractivity contribution in [3.8, 4) is 11.5 Å². The Morgan fingerprint density at radius 2 is 2.00 bits per heavy atom. The smallest absolute Gasteiger partial charge is 0.171 e. The minimum absolute atomic E-state index is 0.277. The molecule has 0 bridgehead atoms. The molecule has 0 radical (unpaired) electrons. The molecule has 6 heteroatoms. The van der Waals surface area contributed by atoms with E-state index in [1.807, 2.05) is 42.5 Å². The summed E-state index contributed by atoms with van der Waals surface area (Å²) >= 11 is 5.96. The minimum atomic E-state index is 0.277. The van der Waals surface area contributed by atoms with Crippen molar-refractivity contribution >= 4 is 28.2 Å². The first-order chi connectivity index (χ1) is 13.6. The molecule has 0 aliphatic carbocycles. The lowest BCUT2D eigenvalue weighted by Crippen LogP contribution is -2.17. The second kappa shape index (κ2) is 9.62. The SMILES string of the molecule is COc1cc(NC(C)CCCN)c2ncccc2c1OCc1ccc(Cl)cc1. The molecule has 2 aromatic carbocycles. The highest BCUT2D eigenvalue weighted by atomic mass is 35.5. The number of nitrogens with one attached hydrogen (secondary N) is 1. The van der Waals surface area contributed by atoms with E-state index in [2.05, 4.69) is 17.2 Å². The highest BCUT2D eigenvalue weighted by Gasteiger charge is 2.16. The third-order valence-corrected chi connectivity index (χ3v) is 4.82. The van der Waals surface area contributed by atoms with Crippen LogP contribution in [0.1, 0.15) is 25.3 Å². The summed E-state index contributed by atoms with van der Waals surface area (Å²) in [4.78, 5) is 4.58. The average Bonchev–Trinajstić information content (AvgIpc) is 2.72. The van der Waals surface area contributed by atoms with Gasteiger partial charge < -0.3 is 20.5 Å². The number of methoxy groups -OCH3 is 1. The van der Waals surface area contributed by atoms with Crippen molar-refractivity contribution in [3.05, 3.63) is 59.2 Å². The number of pyridine rings is 1. The summed E-state index contributed by atoms with van der Waals surface area (Å²) in [7, 11) is 1.65. The summed E-state index contributed by atoms with van der Waals surface area (Å²) in [6.45, 7) is 3.24. The van der Waals surface area contributed by atoms with Crippen molar-refractivity contribution in [2.45, 2.75) is 32.4 Å². The number of aromatic nitrogens is 1. The number of nitrogens with zero attached hydrogens (tertiary/aromatic N) is 1. The van der Waals surface area contributed by atoms with Gasteiger partial charge in [-0.1, -0.05) is 23.7 Å². The fraction of sp³-hybridized carbons (Fsp3) is 0.318. The molecule has 0 saturated heterocycles. The number of halogens is 1. The summed E-state index contributed by atoms with van der Waals surface area (Å²) in [5.74, 6) is 1.35. The Balaban J connectivity index is 1.91. The molecule has 1 heterocycles. The van der Waals surface area contributed by atoms with Crippen LogP contribution >= 0.6 is 11.6 Å². The summed E-state index contributed by atoms with van der Waals surface area (Å²) in [6, 6.07) is 13.7. The second-order valence-electron chi connectivity index (χ2n) is 6.75. The second-order valence-corrected chi connectivity index (χ2v) is 7.18. The highest BCUT2D eigenvalue weighted by molar-refractivity contribution is 6.30. The standard InChI is InChI=1S/C22H26ClN3O2/c1-15(5-3-11-24)26-19-13-20(27-2)22(18-6-4-12-25-21(18)19)28-14-16-7-9-17(23)10-8-16/h4,6-10,12-13,15,26H,3,5,11,14,24H2,1-2H3. The van der Waals surface area contributed by atoms with Crippen LogP contribution in [-0.4, -0.2) is 24.7 Å². The van der Waals surface area contributed by atoms with Crippen molar-refractivity contribution in [2.75, 3.05) is 19.0 Å². The van der Waals surface area contributed by atoms with Gasteiger partial charge in [0, 0.05) is 28.7 Å². The van der Waals surface area contributed by atoms with E-state index in [1.54, 1.807) is 13.3 Å². The van der Waals surface area contributed by atoms with Crippen LogP contribution < -0.4 is 20.5 Å². The van der Waals surface area contributed by atoms with Gasteiger partial charge in [0.05, 0.1) is 18.3 Å². The molecule has 3 rings (SSSR count). The number of hydrogen-bond acceptors (Lipinski definition) is 5. The zero-order valence-corrected chi connectivity index (χ0v) is 17.0. The van der Waals surface area contributed by atoms with Crippen LogP contribution in [0.3, 0.4) is 0 Å². The Bertz CT molecular complexity index is 916. The van der Waals surface area contributed by atoms with E-state index < -0.39 is 0 Å². The molecular weight excluding hydrogens is 374 g/mol. The Morgan fingerprint density at radius 1 is 1.21 bits per heavy atom. The number of anilines is 1. The summed E-state index contributed by atoms with van der Waals surface area (Å²) in [5, 5.41) is 5.14. The topological polar surface area (TPSA) is 69.4 Å². The van der Waals surface area contributed by atoms with Crippen LogP contribution in [0.5, 0.6) is 11.5 Å². The number of ether oxygens (including phenoxy) is 2. The first-order valence-electron chi connectivity index (χ1n) is 9.42. The van der Waals surface area contributed by atoms with Crippen LogP contribution in [0.25, 0.3) is 10.9 Å². The van der Waals surface area contributed by atoms with Gasteiger partial charge in [-0.05, 0) is 56.1 Å². The lowest BCUT2D eigenvalue weighted by atomic mass is 10.1. The van der Waals surface area contributed by atoms with E-state index in [1.165, 1.54) is 0 Å². The van der Waals surface area contributed by atoms with E-state index in [0.29, 0.717) is 29.7 Å². The molecule has 1 unspecified atom stereocenters. The maximum absolute atomic E-state index is 6.14. The lowest BCUT2D eigenvalue weighted by Gasteiger charge is -2.20. The summed E-state index contributed by atoms with van der Waals surface area (Å²) < 4.78 is 11.8. The molecule has 28 heavy (non-hydrogen) atoms. The molecule has 1 aromatic heterocycles. The summed E-state index contributed by atoms with van der Waals surface area (Å²) in [5.41, 5.74) is 8.44. The maximum atomic E-state index is 6.14.